The first-order valence-corrected chi connectivity index (χ1v) is 8.47. The maximum Gasteiger partial charge on any atom is 0.357 e. The molecule has 0 N–H and O–H groups in total. The second-order valence-corrected chi connectivity index (χ2v) is 6.24. The Morgan fingerprint density at radius 2 is 2.08 bits per heavy atom. The zero-order valence-corrected chi connectivity index (χ0v) is 15.4. The van der Waals surface area contributed by atoms with E-state index in [0.717, 1.165) is 10.0 Å². The summed E-state index contributed by atoms with van der Waals surface area (Å²) >= 11 is 3.41. The maximum atomic E-state index is 13.5. The van der Waals surface area contributed by atoms with Gasteiger partial charge in [-0.1, -0.05) is 46.3 Å². The molecule has 2 aromatic carbocycles. The van der Waals surface area contributed by atoms with Crippen LogP contribution >= 0.6 is 15.9 Å². The lowest BCUT2D eigenvalue weighted by Crippen LogP contribution is -2.15. The molecule has 0 aliphatic rings. The third-order valence-electron chi connectivity index (χ3n) is 3.53. The highest BCUT2D eigenvalue weighted by atomic mass is 79.9. The van der Waals surface area contributed by atoms with Gasteiger partial charge in [0.1, 0.15) is 12.4 Å². The fraction of sp³-hybridized carbons (Fsp3) is 0.111. The molecule has 132 valence electrons. The Hall–Kier alpha value is -2.87. The molecule has 0 atom stereocenters. The van der Waals surface area contributed by atoms with Crippen LogP contribution in [-0.4, -0.2) is 26.2 Å². The second kappa shape index (κ2) is 8.01. The molecule has 0 aliphatic heterocycles. The minimum atomic E-state index is -0.625. The van der Waals surface area contributed by atoms with Gasteiger partial charge < -0.3 is 4.74 Å². The number of aromatic nitrogens is 4. The Morgan fingerprint density at radius 1 is 1.27 bits per heavy atom. The van der Waals surface area contributed by atoms with Gasteiger partial charge in [0.15, 0.2) is 11.5 Å². The fourth-order valence-corrected chi connectivity index (χ4v) is 2.65. The van der Waals surface area contributed by atoms with E-state index in [2.05, 4.69) is 31.5 Å². The van der Waals surface area contributed by atoms with E-state index in [-0.39, 0.29) is 12.3 Å². The first-order chi connectivity index (χ1) is 12.5. The van der Waals surface area contributed by atoms with E-state index in [1.165, 1.54) is 22.9 Å². The molecule has 0 spiro atoms. The third kappa shape index (κ3) is 4.20. The van der Waals surface area contributed by atoms with E-state index < -0.39 is 11.8 Å². The SMILES string of the molecule is Cc1nnnn1/C(=C\c1cccc(F)c1)C(=O)OCc1ccccc1Br. The number of ether oxygens (including phenoxy) is 1. The normalized spacial score (nSPS) is 11.4. The number of nitrogens with zero attached hydrogens (tertiary/aromatic N) is 4. The van der Waals surface area contributed by atoms with Crippen molar-refractivity contribution < 1.29 is 13.9 Å². The number of esters is 1. The van der Waals surface area contributed by atoms with Crippen molar-refractivity contribution in [3.63, 3.8) is 0 Å². The van der Waals surface area contributed by atoms with Gasteiger partial charge in [-0.25, -0.2) is 9.18 Å². The van der Waals surface area contributed by atoms with Gasteiger partial charge >= 0.3 is 5.97 Å². The average molecular weight is 417 g/mol. The Morgan fingerprint density at radius 3 is 2.77 bits per heavy atom. The van der Waals surface area contributed by atoms with Gasteiger partial charge in [0.05, 0.1) is 0 Å². The molecule has 0 amide bonds. The van der Waals surface area contributed by atoms with Crippen molar-refractivity contribution >= 4 is 33.7 Å². The van der Waals surface area contributed by atoms with Crippen molar-refractivity contribution in [1.82, 2.24) is 20.2 Å². The highest BCUT2D eigenvalue weighted by molar-refractivity contribution is 9.10. The molecule has 8 heteroatoms. The molecule has 0 saturated carbocycles. The van der Waals surface area contributed by atoms with Crippen LogP contribution in [0.1, 0.15) is 17.0 Å². The highest BCUT2D eigenvalue weighted by Crippen LogP contribution is 2.19. The van der Waals surface area contributed by atoms with Crippen LogP contribution in [0.5, 0.6) is 0 Å². The topological polar surface area (TPSA) is 69.9 Å². The molecule has 0 unspecified atom stereocenters. The Labute approximate surface area is 157 Å². The Balaban J connectivity index is 1.89. The van der Waals surface area contributed by atoms with E-state index in [1.807, 2.05) is 24.3 Å². The average Bonchev–Trinajstić information content (AvgIpc) is 3.04. The molecule has 3 rings (SSSR count). The minimum absolute atomic E-state index is 0.0713. The van der Waals surface area contributed by atoms with Crippen LogP contribution in [0.15, 0.2) is 53.0 Å². The number of rotatable bonds is 5. The van der Waals surface area contributed by atoms with Gasteiger partial charge in [0, 0.05) is 10.0 Å². The largest absolute Gasteiger partial charge is 0.456 e. The summed E-state index contributed by atoms with van der Waals surface area (Å²) in [6, 6.07) is 13.3. The third-order valence-corrected chi connectivity index (χ3v) is 4.31. The summed E-state index contributed by atoms with van der Waals surface area (Å²) in [6.45, 7) is 1.72. The van der Waals surface area contributed by atoms with E-state index in [4.69, 9.17) is 4.74 Å². The lowest BCUT2D eigenvalue weighted by molar-refractivity contribution is -0.138. The van der Waals surface area contributed by atoms with Crippen LogP contribution in [0.4, 0.5) is 4.39 Å². The first kappa shape index (κ1) is 17.9. The summed E-state index contributed by atoms with van der Waals surface area (Å²) in [5, 5.41) is 11.1. The standard InChI is InChI=1S/C18H14BrFN4O2/c1-12-21-22-23-24(12)17(10-13-5-4-7-15(20)9-13)18(25)26-11-14-6-2-3-8-16(14)19/h2-10H,11H2,1H3/b17-10-. The molecule has 26 heavy (non-hydrogen) atoms. The molecule has 1 aromatic heterocycles. The monoisotopic (exact) mass is 416 g/mol. The van der Waals surface area contributed by atoms with Gasteiger partial charge in [-0.05, 0) is 47.2 Å². The Bertz CT molecular complexity index is 971. The van der Waals surface area contributed by atoms with Crippen LogP contribution in [0.25, 0.3) is 11.8 Å². The fourth-order valence-electron chi connectivity index (χ4n) is 2.25. The van der Waals surface area contributed by atoms with Crippen LogP contribution < -0.4 is 0 Å². The molecular formula is C18H14BrFN4O2. The van der Waals surface area contributed by atoms with Gasteiger partial charge in [0.25, 0.3) is 0 Å². The van der Waals surface area contributed by atoms with Crippen molar-refractivity contribution in [3.05, 3.63) is 75.8 Å². The highest BCUT2D eigenvalue weighted by Gasteiger charge is 2.18. The van der Waals surface area contributed by atoms with E-state index in [9.17, 15) is 9.18 Å². The molecule has 1 heterocycles. The van der Waals surface area contributed by atoms with E-state index in [0.29, 0.717) is 11.4 Å². The summed E-state index contributed by atoms with van der Waals surface area (Å²) in [4.78, 5) is 12.7. The van der Waals surface area contributed by atoms with Crippen molar-refractivity contribution in [2.45, 2.75) is 13.5 Å². The van der Waals surface area contributed by atoms with Crippen LogP contribution in [-0.2, 0) is 16.1 Å². The van der Waals surface area contributed by atoms with Gasteiger partial charge in [-0.15, -0.1) is 5.10 Å². The van der Waals surface area contributed by atoms with Crippen LogP contribution in [0.2, 0.25) is 0 Å². The lowest BCUT2D eigenvalue weighted by Gasteiger charge is -2.10. The molecular weight excluding hydrogens is 403 g/mol. The molecule has 0 fully saturated rings. The summed E-state index contributed by atoms with van der Waals surface area (Å²) in [7, 11) is 0. The minimum Gasteiger partial charge on any atom is -0.456 e. The lowest BCUT2D eigenvalue weighted by atomic mass is 10.2. The zero-order valence-electron chi connectivity index (χ0n) is 13.8. The second-order valence-electron chi connectivity index (χ2n) is 5.39. The molecule has 0 saturated heterocycles. The van der Waals surface area contributed by atoms with Crippen molar-refractivity contribution in [3.8, 4) is 0 Å². The van der Waals surface area contributed by atoms with Crippen molar-refractivity contribution in [2.24, 2.45) is 0 Å². The number of benzene rings is 2. The number of aryl methyl sites for hydroxylation is 1. The van der Waals surface area contributed by atoms with Crippen LogP contribution in [0, 0.1) is 12.7 Å². The predicted octanol–water partition coefficient (Wildman–Crippen LogP) is 3.62. The van der Waals surface area contributed by atoms with Gasteiger partial charge in [0.2, 0.25) is 0 Å². The predicted molar refractivity (Wildman–Crippen MR) is 97.1 cm³/mol. The summed E-state index contributed by atoms with van der Waals surface area (Å²) in [6.07, 6.45) is 1.48. The first-order valence-electron chi connectivity index (χ1n) is 7.68. The molecule has 0 radical (unpaired) electrons. The molecule has 6 nitrogen and oxygen atoms in total. The number of hydrogen-bond donors (Lipinski definition) is 0. The smallest absolute Gasteiger partial charge is 0.357 e. The maximum absolute atomic E-state index is 13.5. The summed E-state index contributed by atoms with van der Waals surface area (Å²) in [5.74, 6) is -0.626. The number of carbonyl (C=O) groups is 1. The van der Waals surface area contributed by atoms with Gasteiger partial charge in [-0.2, -0.15) is 4.68 Å². The van der Waals surface area contributed by atoms with Crippen molar-refractivity contribution in [2.75, 3.05) is 0 Å². The van der Waals surface area contributed by atoms with E-state index >= 15 is 0 Å². The number of hydrogen-bond acceptors (Lipinski definition) is 5. The van der Waals surface area contributed by atoms with E-state index in [1.54, 1.807) is 19.1 Å². The molecule has 0 bridgehead atoms. The molecule has 0 aliphatic carbocycles. The van der Waals surface area contributed by atoms with Gasteiger partial charge in [-0.3, -0.25) is 0 Å². The van der Waals surface area contributed by atoms with Crippen molar-refractivity contribution in [1.29, 1.82) is 0 Å². The van der Waals surface area contributed by atoms with Crippen LogP contribution in [0.3, 0.4) is 0 Å². The zero-order chi connectivity index (χ0) is 18.5. The Kier molecular flexibility index (Phi) is 5.52. The number of carbonyl (C=O) groups excluding carboxylic acids is 1. The number of halogens is 2. The number of tetrazole rings is 1. The quantitative estimate of drug-likeness (QED) is 0.469. The molecule has 3 aromatic rings. The summed E-state index contributed by atoms with van der Waals surface area (Å²) in [5.41, 5.74) is 1.40. The summed E-state index contributed by atoms with van der Waals surface area (Å²) < 4.78 is 21.0.